The molecule has 0 spiro atoms. The zero-order valence-corrected chi connectivity index (χ0v) is 12.1. The lowest BCUT2D eigenvalue weighted by atomic mass is 10.1. The van der Waals surface area contributed by atoms with E-state index in [0.29, 0.717) is 19.6 Å². The van der Waals surface area contributed by atoms with Gasteiger partial charge >= 0.3 is 0 Å². The van der Waals surface area contributed by atoms with Gasteiger partial charge in [0.1, 0.15) is 5.75 Å². The molecule has 0 aliphatic heterocycles. The van der Waals surface area contributed by atoms with Gasteiger partial charge in [0.15, 0.2) is 0 Å². The van der Waals surface area contributed by atoms with Gasteiger partial charge in [0.05, 0.1) is 6.61 Å². The first-order chi connectivity index (χ1) is 9.06. The molecule has 0 heterocycles. The lowest BCUT2D eigenvalue weighted by Crippen LogP contribution is -2.32. The Morgan fingerprint density at radius 1 is 1.32 bits per heavy atom. The molecule has 0 fully saturated rings. The van der Waals surface area contributed by atoms with Gasteiger partial charge in [-0.15, -0.1) is 0 Å². The number of nitrogens with two attached hydrogens (primary N) is 1. The quantitative estimate of drug-likeness (QED) is 0.821. The molecule has 0 radical (unpaired) electrons. The van der Waals surface area contributed by atoms with E-state index in [4.69, 9.17) is 10.5 Å². The number of carbonyl (C=O) groups excluding carboxylic acids is 1. The molecule has 0 aliphatic rings. The SMILES string of the molecule is CCOc1ccc(CN(C)C(=O)CC(N)CC)cc1. The number of carbonyl (C=O) groups is 1. The van der Waals surface area contributed by atoms with Crippen LogP contribution >= 0.6 is 0 Å². The normalized spacial score (nSPS) is 12.0. The molecule has 0 saturated heterocycles. The van der Waals surface area contributed by atoms with Crippen LogP contribution in [-0.2, 0) is 11.3 Å². The molecule has 1 atom stereocenters. The van der Waals surface area contributed by atoms with Gasteiger partial charge in [0.25, 0.3) is 0 Å². The van der Waals surface area contributed by atoms with E-state index in [1.165, 1.54) is 0 Å². The van der Waals surface area contributed by atoms with Crippen molar-refractivity contribution < 1.29 is 9.53 Å². The molecule has 19 heavy (non-hydrogen) atoms. The summed E-state index contributed by atoms with van der Waals surface area (Å²) in [5.74, 6) is 0.941. The zero-order chi connectivity index (χ0) is 14.3. The Bertz CT molecular complexity index is 390. The van der Waals surface area contributed by atoms with E-state index in [2.05, 4.69) is 0 Å². The number of benzene rings is 1. The molecule has 0 bridgehead atoms. The van der Waals surface area contributed by atoms with Crippen LogP contribution in [0.4, 0.5) is 0 Å². The van der Waals surface area contributed by atoms with Crippen LogP contribution in [0.3, 0.4) is 0 Å². The van der Waals surface area contributed by atoms with Gasteiger partial charge in [0.2, 0.25) is 5.91 Å². The summed E-state index contributed by atoms with van der Waals surface area (Å²) in [5, 5.41) is 0. The van der Waals surface area contributed by atoms with Crippen molar-refractivity contribution >= 4 is 5.91 Å². The summed E-state index contributed by atoms with van der Waals surface area (Å²) < 4.78 is 5.38. The average molecular weight is 264 g/mol. The number of hydrogen-bond donors (Lipinski definition) is 1. The van der Waals surface area contributed by atoms with Gasteiger partial charge in [-0.3, -0.25) is 4.79 Å². The summed E-state index contributed by atoms with van der Waals surface area (Å²) in [6.45, 7) is 5.20. The van der Waals surface area contributed by atoms with Crippen LogP contribution in [0.5, 0.6) is 5.75 Å². The van der Waals surface area contributed by atoms with Crippen molar-refractivity contribution in [2.75, 3.05) is 13.7 Å². The van der Waals surface area contributed by atoms with E-state index in [0.717, 1.165) is 17.7 Å². The van der Waals surface area contributed by atoms with Gasteiger partial charge in [-0.1, -0.05) is 19.1 Å². The Morgan fingerprint density at radius 2 is 1.95 bits per heavy atom. The molecule has 0 aromatic heterocycles. The van der Waals surface area contributed by atoms with Gasteiger partial charge in [-0.05, 0) is 31.0 Å². The third kappa shape index (κ3) is 5.30. The first-order valence-corrected chi connectivity index (χ1v) is 6.78. The summed E-state index contributed by atoms with van der Waals surface area (Å²) in [4.78, 5) is 13.6. The highest BCUT2D eigenvalue weighted by Crippen LogP contribution is 2.13. The maximum absolute atomic E-state index is 11.9. The van der Waals surface area contributed by atoms with Crippen LogP contribution in [-0.4, -0.2) is 30.5 Å². The summed E-state index contributed by atoms with van der Waals surface area (Å²) in [7, 11) is 1.81. The average Bonchev–Trinajstić information content (AvgIpc) is 2.41. The molecule has 0 saturated carbocycles. The predicted octanol–water partition coefficient (Wildman–Crippen LogP) is 2.17. The van der Waals surface area contributed by atoms with Gasteiger partial charge < -0.3 is 15.4 Å². The molecule has 1 aromatic rings. The van der Waals surface area contributed by atoms with E-state index in [9.17, 15) is 4.79 Å². The second-order valence-electron chi connectivity index (χ2n) is 4.70. The number of amides is 1. The minimum Gasteiger partial charge on any atom is -0.494 e. The minimum absolute atomic E-state index is 0.0460. The Balaban J connectivity index is 2.51. The van der Waals surface area contributed by atoms with E-state index >= 15 is 0 Å². The number of ether oxygens (including phenoxy) is 1. The second kappa shape index (κ2) is 7.79. The fraction of sp³-hybridized carbons (Fsp3) is 0.533. The molecule has 1 aromatic carbocycles. The Morgan fingerprint density at radius 3 is 2.47 bits per heavy atom. The number of nitrogens with zero attached hydrogens (tertiary/aromatic N) is 1. The standard InChI is InChI=1S/C15H24N2O2/c1-4-13(16)10-15(18)17(3)11-12-6-8-14(9-7-12)19-5-2/h6-9,13H,4-5,10-11,16H2,1-3H3. The molecule has 2 N–H and O–H groups in total. The molecular formula is C15H24N2O2. The third-order valence-electron chi connectivity index (χ3n) is 3.04. The molecule has 1 unspecified atom stereocenters. The largest absolute Gasteiger partial charge is 0.494 e. The van der Waals surface area contributed by atoms with Crippen molar-refractivity contribution in [3.8, 4) is 5.75 Å². The number of rotatable bonds is 7. The molecule has 4 nitrogen and oxygen atoms in total. The monoisotopic (exact) mass is 264 g/mol. The lowest BCUT2D eigenvalue weighted by molar-refractivity contribution is -0.130. The van der Waals surface area contributed by atoms with Crippen LogP contribution in [0.1, 0.15) is 32.3 Å². The molecule has 1 rings (SSSR count). The summed E-state index contributed by atoms with van der Waals surface area (Å²) in [5.41, 5.74) is 6.88. The Hall–Kier alpha value is -1.55. The topological polar surface area (TPSA) is 55.6 Å². The van der Waals surface area contributed by atoms with Crippen LogP contribution in [0.2, 0.25) is 0 Å². The van der Waals surface area contributed by atoms with Crippen molar-refractivity contribution in [1.29, 1.82) is 0 Å². The Kier molecular flexibility index (Phi) is 6.36. The highest BCUT2D eigenvalue weighted by atomic mass is 16.5. The van der Waals surface area contributed by atoms with Crippen molar-refractivity contribution in [1.82, 2.24) is 4.90 Å². The maximum atomic E-state index is 11.9. The van der Waals surface area contributed by atoms with E-state index in [1.807, 2.05) is 38.1 Å². The van der Waals surface area contributed by atoms with Crippen LogP contribution in [0.15, 0.2) is 24.3 Å². The summed E-state index contributed by atoms with van der Waals surface area (Å²) >= 11 is 0. The fourth-order valence-electron chi connectivity index (χ4n) is 1.74. The van der Waals surface area contributed by atoms with Crippen molar-refractivity contribution in [2.24, 2.45) is 5.73 Å². The van der Waals surface area contributed by atoms with Crippen molar-refractivity contribution in [3.63, 3.8) is 0 Å². The summed E-state index contributed by atoms with van der Waals surface area (Å²) in [6.07, 6.45) is 1.23. The van der Waals surface area contributed by atoms with E-state index < -0.39 is 0 Å². The lowest BCUT2D eigenvalue weighted by Gasteiger charge is -2.19. The smallest absolute Gasteiger partial charge is 0.224 e. The highest BCUT2D eigenvalue weighted by molar-refractivity contribution is 5.76. The molecule has 0 aliphatic carbocycles. The first kappa shape index (κ1) is 15.5. The molecule has 106 valence electrons. The first-order valence-electron chi connectivity index (χ1n) is 6.78. The van der Waals surface area contributed by atoms with Gasteiger partial charge in [-0.2, -0.15) is 0 Å². The van der Waals surface area contributed by atoms with E-state index in [1.54, 1.807) is 11.9 Å². The molecular weight excluding hydrogens is 240 g/mol. The highest BCUT2D eigenvalue weighted by Gasteiger charge is 2.12. The van der Waals surface area contributed by atoms with Crippen molar-refractivity contribution in [2.45, 2.75) is 39.3 Å². The van der Waals surface area contributed by atoms with Gasteiger partial charge in [0, 0.05) is 26.1 Å². The minimum atomic E-state index is -0.0460. The maximum Gasteiger partial charge on any atom is 0.224 e. The predicted molar refractivity (Wildman–Crippen MR) is 77.0 cm³/mol. The fourth-order valence-corrected chi connectivity index (χ4v) is 1.74. The van der Waals surface area contributed by atoms with E-state index in [-0.39, 0.29) is 11.9 Å². The molecule has 1 amide bonds. The second-order valence-corrected chi connectivity index (χ2v) is 4.70. The van der Waals surface area contributed by atoms with Crippen LogP contribution in [0, 0.1) is 0 Å². The number of hydrogen-bond acceptors (Lipinski definition) is 3. The van der Waals surface area contributed by atoms with Gasteiger partial charge in [-0.25, -0.2) is 0 Å². The molecule has 4 heteroatoms. The van der Waals surface area contributed by atoms with Crippen LogP contribution < -0.4 is 10.5 Å². The summed E-state index contributed by atoms with van der Waals surface area (Å²) in [6, 6.07) is 7.77. The van der Waals surface area contributed by atoms with Crippen LogP contribution in [0.25, 0.3) is 0 Å². The van der Waals surface area contributed by atoms with Crippen molar-refractivity contribution in [3.05, 3.63) is 29.8 Å². The Labute approximate surface area is 115 Å². The third-order valence-corrected chi connectivity index (χ3v) is 3.04. The zero-order valence-electron chi connectivity index (χ0n) is 12.1.